The molecule has 1 aromatic rings. The van der Waals surface area contributed by atoms with Gasteiger partial charge >= 0.3 is 12.0 Å². The summed E-state index contributed by atoms with van der Waals surface area (Å²) < 4.78 is 18.6. The minimum Gasteiger partial charge on any atom is -0.451 e. The number of ether oxygens (including phenoxy) is 1. The Bertz CT molecular complexity index is 828. The summed E-state index contributed by atoms with van der Waals surface area (Å²) in [5.74, 6) is -2.53. The third-order valence-corrected chi connectivity index (χ3v) is 4.78. The molecular weight excluding hydrogens is 381 g/mol. The topological polar surface area (TPSA) is 105 Å². The zero-order valence-electron chi connectivity index (χ0n) is 17.0. The molecule has 158 valence electrons. The summed E-state index contributed by atoms with van der Waals surface area (Å²) in [5.41, 5.74) is -0.393. The number of imide groups is 1. The number of esters is 1. The normalized spacial score (nSPS) is 19.7. The van der Waals surface area contributed by atoms with Gasteiger partial charge in [0.1, 0.15) is 17.9 Å². The van der Waals surface area contributed by atoms with Gasteiger partial charge in [0.25, 0.3) is 11.8 Å². The monoisotopic (exact) mass is 407 g/mol. The van der Waals surface area contributed by atoms with E-state index in [1.807, 2.05) is 6.92 Å². The van der Waals surface area contributed by atoms with E-state index < -0.39 is 47.8 Å². The van der Waals surface area contributed by atoms with E-state index in [1.54, 1.807) is 13.8 Å². The van der Waals surface area contributed by atoms with Crippen LogP contribution in [0.4, 0.5) is 14.9 Å². The highest BCUT2D eigenvalue weighted by Crippen LogP contribution is 2.23. The molecule has 2 N–H and O–H groups in total. The number of nitrogens with zero attached hydrogens (tertiary/aromatic N) is 1. The highest BCUT2D eigenvalue weighted by molar-refractivity contribution is 6.08. The third-order valence-electron chi connectivity index (χ3n) is 4.78. The van der Waals surface area contributed by atoms with E-state index in [0.29, 0.717) is 12.0 Å². The molecule has 0 unspecified atom stereocenters. The van der Waals surface area contributed by atoms with Gasteiger partial charge in [0.05, 0.1) is 0 Å². The molecule has 0 aliphatic carbocycles. The molecule has 0 radical (unpaired) electrons. The average molecular weight is 407 g/mol. The number of rotatable bonds is 8. The molecule has 1 fully saturated rings. The van der Waals surface area contributed by atoms with E-state index >= 15 is 0 Å². The minimum absolute atomic E-state index is 0.224. The van der Waals surface area contributed by atoms with E-state index in [0.717, 1.165) is 23.8 Å². The lowest BCUT2D eigenvalue weighted by atomic mass is 9.95. The number of urea groups is 1. The van der Waals surface area contributed by atoms with Crippen LogP contribution in [0.3, 0.4) is 0 Å². The second kappa shape index (κ2) is 9.02. The summed E-state index contributed by atoms with van der Waals surface area (Å²) in [7, 11) is 0. The van der Waals surface area contributed by atoms with Gasteiger partial charge in [-0.05, 0) is 44.9 Å². The zero-order chi connectivity index (χ0) is 21.8. The number of benzene rings is 1. The van der Waals surface area contributed by atoms with Gasteiger partial charge in [0.15, 0.2) is 6.10 Å². The fourth-order valence-corrected chi connectivity index (χ4v) is 2.92. The van der Waals surface area contributed by atoms with Gasteiger partial charge in [-0.15, -0.1) is 0 Å². The van der Waals surface area contributed by atoms with Crippen molar-refractivity contribution in [3.8, 4) is 0 Å². The van der Waals surface area contributed by atoms with Crippen LogP contribution in [0, 0.1) is 12.7 Å². The van der Waals surface area contributed by atoms with Gasteiger partial charge in [-0.2, -0.15) is 0 Å². The molecule has 1 aliphatic heterocycles. The van der Waals surface area contributed by atoms with Gasteiger partial charge in [-0.1, -0.05) is 25.8 Å². The summed E-state index contributed by atoms with van der Waals surface area (Å²) in [6.07, 6.45) is 0.876. The fourth-order valence-electron chi connectivity index (χ4n) is 2.92. The highest BCUT2D eigenvalue weighted by atomic mass is 19.1. The molecule has 2 atom stereocenters. The summed E-state index contributed by atoms with van der Waals surface area (Å²) in [5, 5.41) is 5.05. The lowest BCUT2D eigenvalue weighted by molar-refractivity contribution is -0.155. The maximum atomic E-state index is 13.6. The molecule has 1 aliphatic rings. The molecule has 4 amide bonds. The smallest absolute Gasteiger partial charge is 0.327 e. The Kier molecular flexibility index (Phi) is 6.94. The number of carbonyl (C=O) groups excluding carboxylic acids is 4. The van der Waals surface area contributed by atoms with Gasteiger partial charge in [-0.25, -0.2) is 9.18 Å². The van der Waals surface area contributed by atoms with E-state index in [-0.39, 0.29) is 5.69 Å². The molecule has 8 nitrogen and oxygen atoms in total. The number of hydrogen-bond acceptors (Lipinski definition) is 5. The Morgan fingerprint density at radius 2 is 2.03 bits per heavy atom. The summed E-state index contributed by atoms with van der Waals surface area (Å²) in [6, 6.07) is 3.52. The number of aryl methyl sites for hydroxylation is 1. The average Bonchev–Trinajstić information content (AvgIpc) is 2.86. The van der Waals surface area contributed by atoms with Gasteiger partial charge in [-0.3, -0.25) is 19.3 Å². The van der Waals surface area contributed by atoms with Crippen molar-refractivity contribution >= 4 is 29.5 Å². The number of amides is 4. The largest absolute Gasteiger partial charge is 0.451 e. The van der Waals surface area contributed by atoms with Crippen molar-refractivity contribution < 1.29 is 28.3 Å². The molecular formula is C20H26FN3O5. The quantitative estimate of drug-likeness (QED) is 0.509. The van der Waals surface area contributed by atoms with Crippen molar-refractivity contribution in [3.63, 3.8) is 0 Å². The van der Waals surface area contributed by atoms with Crippen LogP contribution in [-0.4, -0.2) is 46.9 Å². The number of anilines is 1. The Hall–Kier alpha value is -2.97. The highest BCUT2D eigenvalue weighted by Gasteiger charge is 2.48. The predicted molar refractivity (Wildman–Crippen MR) is 103 cm³/mol. The number of carbonyl (C=O) groups is 4. The first-order valence-corrected chi connectivity index (χ1v) is 9.48. The lowest BCUT2D eigenvalue weighted by Crippen LogP contribution is -2.44. The van der Waals surface area contributed by atoms with Crippen molar-refractivity contribution in [2.24, 2.45) is 0 Å². The number of unbranched alkanes of at least 4 members (excludes halogenated alkanes) is 1. The first kappa shape index (κ1) is 22.3. The Morgan fingerprint density at radius 3 is 2.66 bits per heavy atom. The van der Waals surface area contributed by atoms with Crippen LogP contribution in [0.15, 0.2) is 18.2 Å². The van der Waals surface area contributed by atoms with Crippen LogP contribution >= 0.6 is 0 Å². The van der Waals surface area contributed by atoms with Gasteiger partial charge in [0, 0.05) is 5.69 Å². The number of nitrogens with one attached hydrogen (secondary N) is 2. The summed E-state index contributed by atoms with van der Waals surface area (Å²) >= 11 is 0. The maximum Gasteiger partial charge on any atom is 0.327 e. The van der Waals surface area contributed by atoms with Crippen LogP contribution in [0.1, 0.15) is 45.6 Å². The molecule has 1 aromatic carbocycles. The standard InChI is InChI=1S/C20H26FN3O5/c1-5-6-9-20(4)18(27)24(19(28)23-20)11-16(25)29-13(3)17(26)22-14-8-7-12(2)15(21)10-14/h7-8,10,13H,5-6,9,11H2,1-4H3,(H,22,26)(H,23,28)/t13-,20-/m1/s1. The second-order valence-corrected chi connectivity index (χ2v) is 7.34. The van der Waals surface area contributed by atoms with Crippen LogP contribution in [-0.2, 0) is 19.1 Å². The fraction of sp³-hybridized carbons (Fsp3) is 0.500. The van der Waals surface area contributed by atoms with Crippen molar-refractivity contribution in [1.82, 2.24) is 10.2 Å². The lowest BCUT2D eigenvalue weighted by Gasteiger charge is -2.21. The second-order valence-electron chi connectivity index (χ2n) is 7.34. The Morgan fingerprint density at radius 1 is 1.34 bits per heavy atom. The van der Waals surface area contributed by atoms with E-state index in [2.05, 4.69) is 10.6 Å². The third kappa shape index (κ3) is 5.30. The van der Waals surface area contributed by atoms with Crippen molar-refractivity contribution in [1.29, 1.82) is 0 Å². The molecule has 1 saturated heterocycles. The van der Waals surface area contributed by atoms with Crippen molar-refractivity contribution in [2.75, 3.05) is 11.9 Å². The van der Waals surface area contributed by atoms with Gasteiger partial charge in [0.2, 0.25) is 0 Å². The summed E-state index contributed by atoms with van der Waals surface area (Å²) in [4.78, 5) is 49.7. The molecule has 29 heavy (non-hydrogen) atoms. The van der Waals surface area contributed by atoms with E-state index in [4.69, 9.17) is 4.74 Å². The van der Waals surface area contributed by atoms with Gasteiger partial charge < -0.3 is 15.4 Å². The van der Waals surface area contributed by atoms with E-state index in [1.165, 1.54) is 19.1 Å². The molecule has 0 aromatic heterocycles. The number of hydrogen-bond donors (Lipinski definition) is 2. The molecule has 0 spiro atoms. The van der Waals surface area contributed by atoms with Crippen molar-refractivity contribution in [2.45, 2.75) is 58.6 Å². The number of halogens is 1. The first-order valence-electron chi connectivity index (χ1n) is 9.48. The zero-order valence-corrected chi connectivity index (χ0v) is 17.0. The Balaban J connectivity index is 1.92. The molecule has 0 bridgehead atoms. The van der Waals surface area contributed by atoms with Crippen LogP contribution < -0.4 is 10.6 Å². The van der Waals surface area contributed by atoms with Crippen molar-refractivity contribution in [3.05, 3.63) is 29.6 Å². The minimum atomic E-state index is -1.20. The first-order chi connectivity index (χ1) is 13.6. The van der Waals surface area contributed by atoms with Crippen LogP contribution in [0.25, 0.3) is 0 Å². The molecule has 2 rings (SSSR count). The maximum absolute atomic E-state index is 13.6. The molecule has 0 saturated carbocycles. The Labute approximate surface area is 168 Å². The molecule has 1 heterocycles. The SMILES string of the molecule is CCCC[C@@]1(C)NC(=O)N(CC(=O)O[C@H](C)C(=O)Nc2ccc(C)c(F)c2)C1=O. The van der Waals surface area contributed by atoms with Crippen LogP contribution in [0.5, 0.6) is 0 Å². The predicted octanol–water partition coefficient (Wildman–Crippen LogP) is 2.51. The summed E-state index contributed by atoms with van der Waals surface area (Å²) in [6.45, 7) is 5.93. The molecule has 9 heteroatoms. The van der Waals surface area contributed by atoms with E-state index in [9.17, 15) is 23.6 Å². The van der Waals surface area contributed by atoms with Crippen LogP contribution in [0.2, 0.25) is 0 Å².